The van der Waals surface area contributed by atoms with E-state index in [1.165, 1.54) is 0 Å². The average molecular weight is 261 g/mol. The lowest BCUT2D eigenvalue weighted by Crippen LogP contribution is -2.22. The van der Waals surface area contributed by atoms with Crippen LogP contribution in [0.15, 0.2) is 48.5 Å². The third kappa shape index (κ3) is 3.25. The fraction of sp³-hybridized carbons (Fsp3) is 0.0714. The molecule has 0 aliphatic heterocycles. The molecule has 4 heteroatoms. The summed E-state index contributed by atoms with van der Waals surface area (Å²) in [5.41, 5.74) is 7.85. The number of hydrogen-bond donors (Lipinski definition) is 2. The van der Waals surface area contributed by atoms with Crippen molar-refractivity contribution in [1.29, 1.82) is 0 Å². The summed E-state index contributed by atoms with van der Waals surface area (Å²) < 4.78 is 0. The summed E-state index contributed by atoms with van der Waals surface area (Å²) in [5, 5.41) is 3.37. The maximum Gasteiger partial charge on any atom is 0.251 e. The van der Waals surface area contributed by atoms with Crippen molar-refractivity contribution >= 4 is 23.2 Å². The van der Waals surface area contributed by atoms with E-state index in [0.717, 1.165) is 5.56 Å². The Morgan fingerprint density at radius 2 is 1.89 bits per heavy atom. The Labute approximate surface area is 111 Å². The molecule has 18 heavy (non-hydrogen) atoms. The highest BCUT2D eigenvalue weighted by Crippen LogP contribution is 2.11. The maximum absolute atomic E-state index is 11.8. The summed E-state index contributed by atoms with van der Waals surface area (Å²) in [4.78, 5) is 11.8. The molecule has 3 N–H and O–H groups in total. The molecule has 92 valence electrons. The van der Waals surface area contributed by atoms with E-state index in [9.17, 15) is 4.79 Å². The molecule has 0 aliphatic carbocycles. The zero-order chi connectivity index (χ0) is 13.0. The van der Waals surface area contributed by atoms with Crippen molar-refractivity contribution in [2.75, 3.05) is 5.73 Å². The van der Waals surface area contributed by atoms with Crippen LogP contribution in [0.3, 0.4) is 0 Å². The molecule has 0 aromatic heterocycles. The fourth-order valence-corrected chi connectivity index (χ4v) is 1.74. The number of anilines is 1. The van der Waals surface area contributed by atoms with E-state index in [1.807, 2.05) is 12.1 Å². The molecule has 2 rings (SSSR count). The molecule has 3 nitrogen and oxygen atoms in total. The lowest BCUT2D eigenvalue weighted by molar-refractivity contribution is 0.0951. The van der Waals surface area contributed by atoms with Gasteiger partial charge in [-0.15, -0.1) is 0 Å². The summed E-state index contributed by atoms with van der Waals surface area (Å²) in [6.07, 6.45) is 0. The van der Waals surface area contributed by atoms with Gasteiger partial charge in [0.05, 0.1) is 0 Å². The van der Waals surface area contributed by atoms with Crippen molar-refractivity contribution in [1.82, 2.24) is 5.32 Å². The molecular formula is C14H13ClN2O. The fourth-order valence-electron chi connectivity index (χ4n) is 1.55. The molecule has 0 unspecified atom stereocenters. The topological polar surface area (TPSA) is 55.1 Å². The number of rotatable bonds is 3. The largest absolute Gasteiger partial charge is 0.399 e. The minimum absolute atomic E-state index is 0.144. The molecule has 0 radical (unpaired) electrons. The molecule has 1 amide bonds. The molecule has 0 aliphatic rings. The van der Waals surface area contributed by atoms with Gasteiger partial charge in [-0.3, -0.25) is 4.79 Å². The minimum atomic E-state index is -0.144. The number of nitrogens with one attached hydrogen (secondary N) is 1. The van der Waals surface area contributed by atoms with Crippen molar-refractivity contribution < 1.29 is 4.79 Å². The van der Waals surface area contributed by atoms with Crippen LogP contribution in [0.25, 0.3) is 0 Å². The van der Waals surface area contributed by atoms with Gasteiger partial charge in [-0.1, -0.05) is 29.8 Å². The van der Waals surface area contributed by atoms with E-state index in [2.05, 4.69) is 5.32 Å². The third-order valence-corrected chi connectivity index (χ3v) is 2.75. The highest BCUT2D eigenvalue weighted by atomic mass is 35.5. The summed E-state index contributed by atoms with van der Waals surface area (Å²) in [6.45, 7) is 0.464. The minimum Gasteiger partial charge on any atom is -0.399 e. The van der Waals surface area contributed by atoms with Crippen LogP contribution < -0.4 is 11.1 Å². The van der Waals surface area contributed by atoms with E-state index in [-0.39, 0.29) is 5.91 Å². The van der Waals surface area contributed by atoms with E-state index >= 15 is 0 Å². The smallest absolute Gasteiger partial charge is 0.251 e. The second kappa shape index (κ2) is 5.56. The molecule has 0 saturated carbocycles. The van der Waals surface area contributed by atoms with Crippen LogP contribution in [-0.4, -0.2) is 5.91 Å². The van der Waals surface area contributed by atoms with Crippen molar-refractivity contribution in [2.45, 2.75) is 6.54 Å². The van der Waals surface area contributed by atoms with Crippen molar-refractivity contribution in [3.63, 3.8) is 0 Å². The number of carbonyl (C=O) groups excluding carboxylic acids is 1. The molecular weight excluding hydrogens is 248 g/mol. The molecule has 0 saturated heterocycles. The first-order valence-corrected chi connectivity index (χ1v) is 5.91. The Bertz CT molecular complexity index is 552. The first kappa shape index (κ1) is 12.5. The number of nitrogens with two attached hydrogens (primary N) is 1. The second-order valence-electron chi connectivity index (χ2n) is 3.93. The number of amides is 1. The number of carbonyl (C=O) groups is 1. The Balaban J connectivity index is 1.98. The predicted molar refractivity (Wildman–Crippen MR) is 73.5 cm³/mol. The molecule has 2 aromatic rings. The lowest BCUT2D eigenvalue weighted by atomic mass is 10.2. The first-order chi connectivity index (χ1) is 8.65. The Hall–Kier alpha value is -2.00. The standard InChI is InChI=1S/C14H13ClN2O/c15-12-3-1-2-11(8-12)14(18)17-9-10-4-6-13(16)7-5-10/h1-8H,9,16H2,(H,17,18). The number of benzene rings is 2. The summed E-state index contributed by atoms with van der Waals surface area (Å²) in [6, 6.07) is 14.2. The zero-order valence-electron chi connectivity index (χ0n) is 9.69. The van der Waals surface area contributed by atoms with Crippen LogP contribution in [-0.2, 0) is 6.54 Å². The normalized spacial score (nSPS) is 10.1. The second-order valence-corrected chi connectivity index (χ2v) is 4.37. The molecule has 2 aromatic carbocycles. The predicted octanol–water partition coefficient (Wildman–Crippen LogP) is 2.85. The Kier molecular flexibility index (Phi) is 3.85. The van der Waals surface area contributed by atoms with Crippen molar-refractivity contribution in [2.24, 2.45) is 0 Å². The van der Waals surface area contributed by atoms with E-state index in [4.69, 9.17) is 17.3 Å². The average Bonchev–Trinajstić information content (AvgIpc) is 2.38. The van der Waals surface area contributed by atoms with Gasteiger partial charge in [0, 0.05) is 22.8 Å². The van der Waals surface area contributed by atoms with Crippen molar-refractivity contribution in [3.05, 3.63) is 64.7 Å². The van der Waals surface area contributed by atoms with Crippen LogP contribution in [0.1, 0.15) is 15.9 Å². The van der Waals surface area contributed by atoms with Crippen LogP contribution in [0.5, 0.6) is 0 Å². The third-order valence-electron chi connectivity index (χ3n) is 2.52. The Morgan fingerprint density at radius 3 is 2.56 bits per heavy atom. The molecule has 0 fully saturated rings. The van der Waals surface area contributed by atoms with Gasteiger partial charge < -0.3 is 11.1 Å². The van der Waals surface area contributed by atoms with Gasteiger partial charge in [0.25, 0.3) is 5.91 Å². The molecule has 0 atom stereocenters. The zero-order valence-corrected chi connectivity index (χ0v) is 10.4. The van der Waals surface area contributed by atoms with Crippen molar-refractivity contribution in [3.8, 4) is 0 Å². The van der Waals surface area contributed by atoms with E-state index in [0.29, 0.717) is 22.8 Å². The number of nitrogen functional groups attached to an aromatic ring is 1. The summed E-state index contributed by atoms with van der Waals surface area (Å²) in [5.74, 6) is -0.144. The van der Waals surface area contributed by atoms with E-state index < -0.39 is 0 Å². The van der Waals surface area contributed by atoms with Gasteiger partial charge in [0.2, 0.25) is 0 Å². The molecule has 0 spiro atoms. The molecule has 0 bridgehead atoms. The highest BCUT2D eigenvalue weighted by molar-refractivity contribution is 6.30. The Morgan fingerprint density at radius 1 is 1.17 bits per heavy atom. The van der Waals surface area contributed by atoms with E-state index in [1.54, 1.807) is 36.4 Å². The molecule has 0 heterocycles. The maximum atomic E-state index is 11.8. The SMILES string of the molecule is Nc1ccc(CNC(=O)c2cccc(Cl)c2)cc1. The summed E-state index contributed by atoms with van der Waals surface area (Å²) >= 11 is 5.83. The number of halogens is 1. The van der Waals surface area contributed by atoms with Gasteiger partial charge in [-0.05, 0) is 35.9 Å². The van der Waals surface area contributed by atoms with Crippen LogP contribution in [0, 0.1) is 0 Å². The monoisotopic (exact) mass is 260 g/mol. The van der Waals surface area contributed by atoms with Gasteiger partial charge >= 0.3 is 0 Å². The quantitative estimate of drug-likeness (QED) is 0.834. The first-order valence-electron chi connectivity index (χ1n) is 5.53. The van der Waals surface area contributed by atoms with Crippen LogP contribution in [0.2, 0.25) is 5.02 Å². The highest BCUT2D eigenvalue weighted by Gasteiger charge is 2.05. The number of hydrogen-bond acceptors (Lipinski definition) is 2. The van der Waals surface area contributed by atoms with Gasteiger partial charge in [0.15, 0.2) is 0 Å². The van der Waals surface area contributed by atoms with Gasteiger partial charge in [-0.2, -0.15) is 0 Å². The lowest BCUT2D eigenvalue weighted by Gasteiger charge is -2.06. The van der Waals surface area contributed by atoms with Crippen LogP contribution >= 0.6 is 11.6 Å². The van der Waals surface area contributed by atoms with Crippen LogP contribution in [0.4, 0.5) is 5.69 Å². The summed E-state index contributed by atoms with van der Waals surface area (Å²) in [7, 11) is 0. The van der Waals surface area contributed by atoms with Gasteiger partial charge in [0.1, 0.15) is 0 Å². The van der Waals surface area contributed by atoms with Gasteiger partial charge in [-0.25, -0.2) is 0 Å².